The van der Waals surface area contributed by atoms with Crippen LogP contribution in [0.1, 0.15) is 18.9 Å². The third kappa shape index (κ3) is 6.32. The summed E-state index contributed by atoms with van der Waals surface area (Å²) in [6.07, 6.45) is 4.19. The van der Waals surface area contributed by atoms with E-state index in [2.05, 4.69) is 4.90 Å². The molecule has 8 heteroatoms. The van der Waals surface area contributed by atoms with Gasteiger partial charge in [-0.05, 0) is 49.2 Å². The van der Waals surface area contributed by atoms with Crippen molar-refractivity contribution in [3.05, 3.63) is 59.1 Å². The quantitative estimate of drug-likeness (QED) is 0.394. The molecule has 1 aliphatic heterocycles. The molecule has 0 bridgehead atoms. The first-order valence-electron chi connectivity index (χ1n) is 11.2. The van der Waals surface area contributed by atoms with Gasteiger partial charge in [0.1, 0.15) is 5.75 Å². The highest BCUT2D eigenvalue weighted by molar-refractivity contribution is 7.22. The summed E-state index contributed by atoms with van der Waals surface area (Å²) in [7, 11) is 0. The molecular weight excluding hydrogens is 458 g/mol. The number of carbonyl (C=O) groups excluding carboxylic acids is 1. The Morgan fingerprint density at radius 1 is 1.27 bits per heavy atom. The number of hydrogen-bond donors (Lipinski definition) is 0. The average molecular weight is 486 g/mol. The van der Waals surface area contributed by atoms with Gasteiger partial charge in [0, 0.05) is 37.3 Å². The van der Waals surface area contributed by atoms with Crippen LogP contribution in [0.4, 0.5) is 5.13 Å². The molecule has 0 aliphatic carbocycles. The van der Waals surface area contributed by atoms with Crippen molar-refractivity contribution in [2.75, 3.05) is 50.9 Å². The molecule has 2 heterocycles. The second-order valence-electron chi connectivity index (χ2n) is 7.71. The van der Waals surface area contributed by atoms with E-state index in [4.69, 9.17) is 26.1 Å². The Morgan fingerprint density at radius 3 is 2.88 bits per heavy atom. The molecule has 1 fully saturated rings. The number of nitrogens with zero attached hydrogens (tertiary/aromatic N) is 3. The number of amides is 1. The zero-order valence-electron chi connectivity index (χ0n) is 18.7. The van der Waals surface area contributed by atoms with Crippen molar-refractivity contribution < 1.29 is 14.3 Å². The highest BCUT2D eigenvalue weighted by atomic mass is 35.5. The van der Waals surface area contributed by atoms with E-state index in [9.17, 15) is 4.79 Å². The van der Waals surface area contributed by atoms with E-state index in [-0.39, 0.29) is 5.91 Å². The molecule has 0 radical (unpaired) electrons. The number of aromatic nitrogens is 1. The summed E-state index contributed by atoms with van der Waals surface area (Å²) >= 11 is 7.76. The van der Waals surface area contributed by atoms with E-state index in [1.54, 1.807) is 17.1 Å². The summed E-state index contributed by atoms with van der Waals surface area (Å²) in [4.78, 5) is 22.1. The maximum atomic E-state index is 13.3. The number of carbonyl (C=O) groups is 1. The molecule has 0 spiro atoms. The van der Waals surface area contributed by atoms with Crippen LogP contribution in [0.5, 0.6) is 5.75 Å². The predicted molar refractivity (Wildman–Crippen MR) is 136 cm³/mol. The van der Waals surface area contributed by atoms with E-state index in [1.165, 1.54) is 11.3 Å². The molecule has 1 aromatic heterocycles. The maximum Gasteiger partial charge on any atom is 0.252 e. The van der Waals surface area contributed by atoms with Gasteiger partial charge in [-0.25, -0.2) is 4.98 Å². The van der Waals surface area contributed by atoms with Crippen molar-refractivity contribution in [3.8, 4) is 5.75 Å². The van der Waals surface area contributed by atoms with Crippen LogP contribution in [0.15, 0.2) is 48.5 Å². The standard InChI is InChI=1S/C25H28ClN3O3S/c1-2-32-20-9-10-22-23(18-20)33-25(27-22)29(13-5-12-28-14-16-31-17-15-28)24(30)11-8-19-6-3-4-7-21(19)26/h3-4,6-11,18H,2,5,12-17H2,1H3/b11-8+. The van der Waals surface area contributed by atoms with Gasteiger partial charge in [0.25, 0.3) is 5.91 Å². The molecule has 2 aromatic carbocycles. The largest absolute Gasteiger partial charge is 0.494 e. The van der Waals surface area contributed by atoms with Crippen LogP contribution in [0.25, 0.3) is 16.3 Å². The maximum absolute atomic E-state index is 13.3. The van der Waals surface area contributed by atoms with Gasteiger partial charge in [-0.2, -0.15) is 0 Å². The van der Waals surface area contributed by atoms with E-state index in [0.717, 1.165) is 60.8 Å². The summed E-state index contributed by atoms with van der Waals surface area (Å²) < 4.78 is 12.1. The van der Waals surface area contributed by atoms with Crippen LogP contribution in [0, 0.1) is 0 Å². The molecule has 0 atom stereocenters. The number of ether oxygens (including phenoxy) is 2. The fourth-order valence-electron chi connectivity index (χ4n) is 3.70. The minimum Gasteiger partial charge on any atom is -0.494 e. The molecule has 1 amide bonds. The molecule has 6 nitrogen and oxygen atoms in total. The van der Waals surface area contributed by atoms with Gasteiger partial charge >= 0.3 is 0 Å². The topological polar surface area (TPSA) is 54.9 Å². The molecule has 0 unspecified atom stereocenters. The Balaban J connectivity index is 1.54. The van der Waals surface area contributed by atoms with Gasteiger partial charge in [-0.1, -0.05) is 41.1 Å². The summed E-state index contributed by atoms with van der Waals surface area (Å²) in [5.74, 6) is 0.699. The van der Waals surface area contributed by atoms with Crippen molar-refractivity contribution in [2.45, 2.75) is 13.3 Å². The molecular formula is C25H28ClN3O3S. The molecule has 0 N–H and O–H groups in total. The van der Waals surface area contributed by atoms with Gasteiger partial charge in [0.05, 0.1) is 30.0 Å². The van der Waals surface area contributed by atoms with E-state index >= 15 is 0 Å². The van der Waals surface area contributed by atoms with Crippen LogP contribution >= 0.6 is 22.9 Å². The van der Waals surface area contributed by atoms with Gasteiger partial charge in [0.15, 0.2) is 5.13 Å². The van der Waals surface area contributed by atoms with Crippen LogP contribution < -0.4 is 9.64 Å². The Kier molecular flexibility index (Phi) is 8.34. The number of anilines is 1. The number of morpholine rings is 1. The first kappa shape index (κ1) is 23.7. The molecule has 1 saturated heterocycles. The number of fused-ring (bicyclic) bond motifs is 1. The first-order chi connectivity index (χ1) is 16.1. The highest BCUT2D eigenvalue weighted by Crippen LogP contribution is 2.32. The van der Waals surface area contributed by atoms with E-state index in [1.807, 2.05) is 49.4 Å². The van der Waals surface area contributed by atoms with Gasteiger partial charge in [-0.15, -0.1) is 0 Å². The number of thiazole rings is 1. The van der Waals surface area contributed by atoms with Crippen LogP contribution in [-0.4, -0.2) is 61.8 Å². The van der Waals surface area contributed by atoms with Crippen molar-refractivity contribution >= 4 is 50.3 Å². The van der Waals surface area contributed by atoms with Crippen LogP contribution in [0.3, 0.4) is 0 Å². The lowest BCUT2D eigenvalue weighted by atomic mass is 10.2. The number of rotatable bonds is 9. The fourth-order valence-corrected chi connectivity index (χ4v) is 4.93. The minimum absolute atomic E-state index is 0.110. The normalized spacial score (nSPS) is 14.7. The van der Waals surface area contributed by atoms with Crippen molar-refractivity contribution in [2.24, 2.45) is 0 Å². The summed E-state index contributed by atoms with van der Waals surface area (Å²) in [6, 6.07) is 13.3. The summed E-state index contributed by atoms with van der Waals surface area (Å²) in [6.45, 7) is 7.47. The van der Waals surface area contributed by atoms with Crippen molar-refractivity contribution in [3.63, 3.8) is 0 Å². The zero-order chi connectivity index (χ0) is 23.0. The third-order valence-electron chi connectivity index (χ3n) is 5.43. The van der Waals surface area contributed by atoms with Crippen molar-refractivity contribution in [1.29, 1.82) is 0 Å². The minimum atomic E-state index is -0.110. The second-order valence-corrected chi connectivity index (χ2v) is 9.13. The Hall–Kier alpha value is -2.45. The summed E-state index contributed by atoms with van der Waals surface area (Å²) in [5.41, 5.74) is 1.67. The number of halogens is 1. The highest BCUT2D eigenvalue weighted by Gasteiger charge is 2.19. The van der Waals surface area contributed by atoms with Gasteiger partial charge in [-0.3, -0.25) is 14.6 Å². The molecule has 3 aromatic rings. The second kappa shape index (κ2) is 11.6. The predicted octanol–water partition coefficient (Wildman–Crippen LogP) is 5.12. The summed E-state index contributed by atoms with van der Waals surface area (Å²) in [5, 5.41) is 1.30. The van der Waals surface area contributed by atoms with Gasteiger partial charge in [0.2, 0.25) is 0 Å². The Bertz CT molecular complexity index is 1110. The first-order valence-corrected chi connectivity index (χ1v) is 12.4. The smallest absolute Gasteiger partial charge is 0.252 e. The van der Waals surface area contributed by atoms with E-state index in [0.29, 0.717) is 23.3 Å². The zero-order valence-corrected chi connectivity index (χ0v) is 20.3. The lowest BCUT2D eigenvalue weighted by molar-refractivity contribution is -0.114. The Morgan fingerprint density at radius 2 is 2.09 bits per heavy atom. The van der Waals surface area contributed by atoms with Crippen LogP contribution in [0.2, 0.25) is 5.02 Å². The van der Waals surface area contributed by atoms with Gasteiger partial charge < -0.3 is 9.47 Å². The van der Waals surface area contributed by atoms with Crippen LogP contribution in [-0.2, 0) is 9.53 Å². The monoisotopic (exact) mass is 485 g/mol. The van der Waals surface area contributed by atoms with Crippen molar-refractivity contribution in [1.82, 2.24) is 9.88 Å². The SMILES string of the molecule is CCOc1ccc2nc(N(CCCN3CCOCC3)C(=O)/C=C/c3ccccc3Cl)sc2c1. The number of benzene rings is 2. The molecule has 1 aliphatic rings. The van der Waals surface area contributed by atoms with E-state index < -0.39 is 0 Å². The average Bonchev–Trinajstić information content (AvgIpc) is 3.25. The Labute approximate surface area is 203 Å². The lowest BCUT2D eigenvalue weighted by Gasteiger charge is -2.27. The number of hydrogen-bond acceptors (Lipinski definition) is 6. The molecule has 0 saturated carbocycles. The fraction of sp³-hybridized carbons (Fsp3) is 0.360. The molecule has 4 rings (SSSR count). The lowest BCUT2D eigenvalue weighted by Crippen LogP contribution is -2.39. The molecule has 174 valence electrons. The molecule has 33 heavy (non-hydrogen) atoms. The third-order valence-corrected chi connectivity index (χ3v) is 6.81.